The van der Waals surface area contributed by atoms with Crippen molar-refractivity contribution in [3.05, 3.63) is 60.7 Å². The molecule has 0 aliphatic rings. The van der Waals surface area contributed by atoms with Gasteiger partial charge >= 0.3 is 6.01 Å². The maximum atomic E-state index is 9.23. The van der Waals surface area contributed by atoms with E-state index in [2.05, 4.69) is 15.1 Å². The summed E-state index contributed by atoms with van der Waals surface area (Å²) in [5.41, 5.74) is 1.53. The predicted molar refractivity (Wildman–Crippen MR) is 71.6 cm³/mol. The van der Waals surface area contributed by atoms with Crippen molar-refractivity contribution >= 4 is 0 Å². The molecular formula is C14H12N4O2. The molecule has 3 aromatic rings. The Morgan fingerprint density at radius 3 is 2.80 bits per heavy atom. The van der Waals surface area contributed by atoms with Crippen LogP contribution >= 0.6 is 0 Å². The highest BCUT2D eigenvalue weighted by atomic mass is 16.5. The van der Waals surface area contributed by atoms with Crippen LogP contribution in [0.2, 0.25) is 0 Å². The van der Waals surface area contributed by atoms with Crippen LogP contribution in [-0.2, 0) is 6.61 Å². The van der Waals surface area contributed by atoms with Gasteiger partial charge in [0, 0.05) is 11.8 Å². The fourth-order valence-electron chi connectivity index (χ4n) is 1.73. The molecular weight excluding hydrogens is 256 g/mol. The van der Waals surface area contributed by atoms with Crippen molar-refractivity contribution in [1.29, 1.82) is 0 Å². The summed E-state index contributed by atoms with van der Waals surface area (Å²) in [7, 11) is 0. The van der Waals surface area contributed by atoms with Crippen LogP contribution in [0.15, 0.2) is 55.1 Å². The summed E-state index contributed by atoms with van der Waals surface area (Å²) in [6.45, 7) is -0.128. The van der Waals surface area contributed by atoms with Crippen LogP contribution in [0.25, 0.3) is 5.69 Å². The number of para-hydroxylation sites is 1. The van der Waals surface area contributed by atoms with Gasteiger partial charge in [0.2, 0.25) is 0 Å². The number of aliphatic hydroxyl groups is 1. The Morgan fingerprint density at radius 2 is 2.00 bits per heavy atom. The lowest BCUT2D eigenvalue weighted by Crippen LogP contribution is -1.96. The van der Waals surface area contributed by atoms with Gasteiger partial charge < -0.3 is 9.84 Å². The molecule has 2 aromatic heterocycles. The van der Waals surface area contributed by atoms with Gasteiger partial charge in [-0.3, -0.25) is 4.98 Å². The molecule has 20 heavy (non-hydrogen) atoms. The van der Waals surface area contributed by atoms with E-state index in [-0.39, 0.29) is 12.6 Å². The van der Waals surface area contributed by atoms with Crippen LogP contribution in [0.4, 0.5) is 0 Å². The SMILES string of the molecule is OCc1ccncc1Oc1ncn(-c2ccccc2)n1. The molecule has 0 atom stereocenters. The van der Waals surface area contributed by atoms with Crippen LogP contribution in [0, 0.1) is 0 Å². The maximum absolute atomic E-state index is 9.23. The molecule has 1 aromatic carbocycles. The number of rotatable bonds is 4. The van der Waals surface area contributed by atoms with Crippen LogP contribution < -0.4 is 4.74 Å². The van der Waals surface area contributed by atoms with Crippen LogP contribution in [0.5, 0.6) is 11.8 Å². The first-order valence-electron chi connectivity index (χ1n) is 6.05. The molecule has 0 amide bonds. The summed E-state index contributed by atoms with van der Waals surface area (Å²) in [4.78, 5) is 8.04. The Kier molecular flexibility index (Phi) is 3.38. The predicted octanol–water partition coefficient (Wildman–Crippen LogP) is 1.95. The number of hydrogen-bond donors (Lipinski definition) is 1. The third kappa shape index (κ3) is 2.50. The van der Waals surface area contributed by atoms with E-state index >= 15 is 0 Å². The van der Waals surface area contributed by atoms with E-state index in [1.165, 1.54) is 6.20 Å². The third-order valence-electron chi connectivity index (χ3n) is 2.73. The summed E-state index contributed by atoms with van der Waals surface area (Å²) >= 11 is 0. The maximum Gasteiger partial charge on any atom is 0.341 e. The third-order valence-corrected chi connectivity index (χ3v) is 2.73. The van der Waals surface area contributed by atoms with Crippen molar-refractivity contribution < 1.29 is 9.84 Å². The van der Waals surface area contributed by atoms with Crippen molar-refractivity contribution in [2.24, 2.45) is 0 Å². The Bertz CT molecular complexity index is 697. The molecule has 0 spiro atoms. The van der Waals surface area contributed by atoms with Crippen molar-refractivity contribution in [2.75, 3.05) is 0 Å². The van der Waals surface area contributed by atoms with Crippen molar-refractivity contribution in [2.45, 2.75) is 6.61 Å². The lowest BCUT2D eigenvalue weighted by molar-refractivity contribution is 0.275. The summed E-state index contributed by atoms with van der Waals surface area (Å²) in [5, 5.41) is 13.5. The van der Waals surface area contributed by atoms with Crippen molar-refractivity contribution in [3.63, 3.8) is 0 Å². The molecule has 0 saturated heterocycles. The van der Waals surface area contributed by atoms with E-state index in [9.17, 15) is 5.11 Å². The fourth-order valence-corrected chi connectivity index (χ4v) is 1.73. The lowest BCUT2D eigenvalue weighted by atomic mass is 10.3. The van der Waals surface area contributed by atoms with Crippen molar-refractivity contribution in [3.8, 4) is 17.4 Å². The van der Waals surface area contributed by atoms with Gasteiger partial charge in [0.25, 0.3) is 0 Å². The summed E-state index contributed by atoms with van der Waals surface area (Å²) in [5.74, 6) is 0.445. The zero-order valence-electron chi connectivity index (χ0n) is 10.5. The minimum atomic E-state index is -0.128. The van der Waals surface area contributed by atoms with E-state index in [4.69, 9.17) is 4.74 Å². The van der Waals surface area contributed by atoms with Gasteiger partial charge in [-0.05, 0) is 18.2 Å². The first kappa shape index (κ1) is 12.3. The van der Waals surface area contributed by atoms with Crippen LogP contribution in [0.1, 0.15) is 5.56 Å². The van der Waals surface area contributed by atoms with Gasteiger partial charge in [-0.2, -0.15) is 4.98 Å². The molecule has 0 fully saturated rings. The molecule has 100 valence electrons. The zero-order chi connectivity index (χ0) is 13.8. The van der Waals surface area contributed by atoms with Gasteiger partial charge in [0.1, 0.15) is 6.33 Å². The highest BCUT2D eigenvalue weighted by Crippen LogP contribution is 2.21. The molecule has 0 radical (unpaired) electrons. The topological polar surface area (TPSA) is 73.1 Å². The fraction of sp³-hybridized carbons (Fsp3) is 0.0714. The average molecular weight is 268 g/mol. The number of hydrogen-bond acceptors (Lipinski definition) is 5. The van der Waals surface area contributed by atoms with E-state index in [0.29, 0.717) is 11.3 Å². The molecule has 3 rings (SSSR count). The van der Waals surface area contributed by atoms with E-state index in [1.54, 1.807) is 23.3 Å². The monoisotopic (exact) mass is 268 g/mol. The van der Waals surface area contributed by atoms with Gasteiger partial charge in [-0.1, -0.05) is 18.2 Å². The van der Waals surface area contributed by atoms with Gasteiger partial charge in [-0.25, -0.2) is 4.68 Å². The highest BCUT2D eigenvalue weighted by Gasteiger charge is 2.08. The molecule has 0 unspecified atom stereocenters. The molecule has 6 nitrogen and oxygen atoms in total. The molecule has 6 heteroatoms. The molecule has 0 aliphatic heterocycles. The Labute approximate surface area is 115 Å². The standard InChI is InChI=1S/C14H12N4O2/c19-9-11-6-7-15-8-13(11)20-14-16-10-18(17-14)12-4-2-1-3-5-12/h1-8,10,19H,9H2. The molecule has 2 heterocycles. The first-order valence-corrected chi connectivity index (χ1v) is 6.05. The van der Waals surface area contributed by atoms with Crippen molar-refractivity contribution in [1.82, 2.24) is 19.7 Å². The molecule has 0 saturated carbocycles. The molecule has 0 bridgehead atoms. The number of aliphatic hydroxyl groups excluding tert-OH is 1. The normalized spacial score (nSPS) is 10.4. The summed E-state index contributed by atoms with van der Waals surface area (Å²) in [6, 6.07) is 11.5. The number of benzene rings is 1. The minimum Gasteiger partial charge on any atom is -0.421 e. The minimum absolute atomic E-state index is 0.128. The van der Waals surface area contributed by atoms with E-state index < -0.39 is 0 Å². The number of ether oxygens (including phenoxy) is 1. The zero-order valence-corrected chi connectivity index (χ0v) is 10.5. The van der Waals surface area contributed by atoms with E-state index in [0.717, 1.165) is 5.69 Å². The largest absolute Gasteiger partial charge is 0.421 e. The quantitative estimate of drug-likeness (QED) is 0.783. The van der Waals surface area contributed by atoms with E-state index in [1.807, 2.05) is 30.3 Å². The Hall–Kier alpha value is -2.73. The molecule has 1 N–H and O–H groups in total. The van der Waals surface area contributed by atoms with Gasteiger partial charge in [0.05, 0.1) is 18.5 Å². The second kappa shape index (κ2) is 5.50. The van der Waals surface area contributed by atoms with Gasteiger partial charge in [0.15, 0.2) is 5.75 Å². The second-order valence-electron chi connectivity index (χ2n) is 4.05. The molecule has 0 aliphatic carbocycles. The number of aromatic nitrogens is 4. The Balaban J connectivity index is 1.84. The highest BCUT2D eigenvalue weighted by molar-refractivity contribution is 5.32. The van der Waals surface area contributed by atoms with Crippen LogP contribution in [0.3, 0.4) is 0 Å². The Morgan fingerprint density at radius 1 is 1.15 bits per heavy atom. The smallest absolute Gasteiger partial charge is 0.341 e. The second-order valence-corrected chi connectivity index (χ2v) is 4.05. The summed E-state index contributed by atoms with van der Waals surface area (Å²) < 4.78 is 7.15. The average Bonchev–Trinajstić information content (AvgIpc) is 2.97. The number of pyridine rings is 1. The van der Waals surface area contributed by atoms with Crippen LogP contribution in [-0.4, -0.2) is 24.9 Å². The van der Waals surface area contributed by atoms with Gasteiger partial charge in [-0.15, -0.1) is 5.10 Å². The number of nitrogens with zero attached hydrogens (tertiary/aromatic N) is 4. The first-order chi connectivity index (χ1) is 9.86. The summed E-state index contributed by atoms with van der Waals surface area (Å²) in [6.07, 6.45) is 4.68. The lowest BCUT2D eigenvalue weighted by Gasteiger charge is -2.04.